The summed E-state index contributed by atoms with van der Waals surface area (Å²) in [5, 5.41) is 0. The third-order valence-corrected chi connectivity index (χ3v) is 4.61. The second-order valence-corrected chi connectivity index (χ2v) is 6.97. The minimum absolute atomic E-state index is 0.717. The molecule has 3 rings (SSSR count). The number of thiol groups is 1. The van der Waals surface area contributed by atoms with Crippen LogP contribution in [0.4, 0.5) is 0 Å². The van der Waals surface area contributed by atoms with Gasteiger partial charge in [0.05, 0.1) is 6.61 Å². The zero-order valence-electron chi connectivity index (χ0n) is 12.3. The van der Waals surface area contributed by atoms with E-state index in [1.807, 2.05) is 22.6 Å². The van der Waals surface area contributed by atoms with Gasteiger partial charge in [-0.25, -0.2) is 4.31 Å². The average molecular weight is 379 g/mol. The first-order valence-electron chi connectivity index (χ1n) is 7.49. The monoisotopic (exact) mass is 378 g/mol. The lowest BCUT2D eigenvalue weighted by atomic mass is 10.0. The van der Waals surface area contributed by atoms with E-state index in [2.05, 4.69) is 51.9 Å². The van der Waals surface area contributed by atoms with Crippen molar-refractivity contribution in [2.24, 2.45) is 0 Å². The van der Waals surface area contributed by atoms with Gasteiger partial charge in [-0.05, 0) is 70.6 Å². The third-order valence-electron chi connectivity index (χ3n) is 3.80. The highest BCUT2D eigenvalue weighted by atomic mass is 79.9. The van der Waals surface area contributed by atoms with Crippen LogP contribution in [-0.4, -0.2) is 22.4 Å². The highest BCUT2D eigenvalue weighted by Crippen LogP contribution is 2.24. The van der Waals surface area contributed by atoms with Crippen molar-refractivity contribution in [2.45, 2.75) is 25.8 Å². The molecule has 0 radical (unpaired) electrons. The fraction of sp³-hybridized carbons (Fsp3) is 0.353. The fourth-order valence-electron chi connectivity index (χ4n) is 2.60. The second-order valence-electron chi connectivity index (χ2n) is 5.49. The fourth-order valence-corrected chi connectivity index (χ4v) is 3.09. The molecule has 0 fully saturated rings. The van der Waals surface area contributed by atoms with Crippen LogP contribution in [0, 0.1) is 0 Å². The van der Waals surface area contributed by atoms with Crippen molar-refractivity contribution < 1.29 is 4.74 Å². The Morgan fingerprint density at radius 1 is 1.23 bits per heavy atom. The summed E-state index contributed by atoms with van der Waals surface area (Å²) < 4.78 is 8.94. The zero-order chi connectivity index (χ0) is 15.4. The Morgan fingerprint density at radius 3 is 2.95 bits per heavy atom. The minimum Gasteiger partial charge on any atom is -0.494 e. The summed E-state index contributed by atoms with van der Waals surface area (Å²) in [6.07, 6.45) is 4.78. The number of aryl methyl sites for hydroxylation is 1. The first-order chi connectivity index (χ1) is 10.7. The lowest BCUT2D eigenvalue weighted by Crippen LogP contribution is -2.22. The number of nitrogens with zero attached hydrogens (tertiary/aromatic N) is 2. The van der Waals surface area contributed by atoms with Gasteiger partial charge in [0.2, 0.25) is 0 Å². The first kappa shape index (κ1) is 15.8. The predicted molar refractivity (Wildman–Crippen MR) is 95.3 cm³/mol. The van der Waals surface area contributed by atoms with Gasteiger partial charge in [0.15, 0.2) is 0 Å². The standard InChI is InChI=1S/C17H19BrN2OS/c18-15-4-5-16(19-11-15)2-1-9-21-17-6-3-14-12-20(22)8-7-13(14)10-17/h3-6,10-11,22H,1-2,7-9,12H2. The van der Waals surface area contributed by atoms with E-state index >= 15 is 0 Å². The van der Waals surface area contributed by atoms with Crippen LogP contribution in [0.5, 0.6) is 5.75 Å². The van der Waals surface area contributed by atoms with Crippen LogP contribution in [0.15, 0.2) is 41.0 Å². The van der Waals surface area contributed by atoms with Crippen molar-refractivity contribution in [1.82, 2.24) is 9.29 Å². The molecular formula is C17H19BrN2OS. The number of halogens is 1. The van der Waals surface area contributed by atoms with Crippen molar-refractivity contribution in [3.05, 3.63) is 57.8 Å². The lowest BCUT2D eigenvalue weighted by molar-refractivity contribution is 0.309. The van der Waals surface area contributed by atoms with Gasteiger partial charge in [-0.15, -0.1) is 0 Å². The Hall–Kier alpha value is -1.04. The van der Waals surface area contributed by atoms with E-state index in [0.717, 1.165) is 54.9 Å². The molecule has 1 aromatic carbocycles. The van der Waals surface area contributed by atoms with E-state index in [1.54, 1.807) is 0 Å². The molecule has 1 aliphatic rings. The molecule has 0 unspecified atom stereocenters. The maximum atomic E-state index is 5.87. The smallest absolute Gasteiger partial charge is 0.119 e. The Kier molecular flexibility index (Phi) is 5.39. The largest absolute Gasteiger partial charge is 0.494 e. The SMILES string of the molecule is SN1CCc2cc(OCCCc3ccc(Br)cn3)ccc2C1. The first-order valence-corrected chi connectivity index (χ1v) is 8.69. The molecule has 3 nitrogen and oxygen atoms in total. The summed E-state index contributed by atoms with van der Waals surface area (Å²) in [6.45, 7) is 2.62. The summed E-state index contributed by atoms with van der Waals surface area (Å²) in [7, 11) is 0. The van der Waals surface area contributed by atoms with Gasteiger partial charge in [-0.3, -0.25) is 4.98 Å². The number of benzene rings is 1. The number of pyridine rings is 1. The Balaban J connectivity index is 1.48. The molecule has 0 spiro atoms. The van der Waals surface area contributed by atoms with Crippen LogP contribution in [0.3, 0.4) is 0 Å². The maximum Gasteiger partial charge on any atom is 0.119 e. The number of ether oxygens (including phenoxy) is 1. The molecule has 2 aromatic rings. The van der Waals surface area contributed by atoms with Crippen LogP contribution < -0.4 is 4.74 Å². The van der Waals surface area contributed by atoms with Crippen LogP contribution in [-0.2, 0) is 19.4 Å². The highest BCUT2D eigenvalue weighted by Gasteiger charge is 2.14. The molecule has 0 amide bonds. The average Bonchev–Trinajstić information content (AvgIpc) is 2.53. The van der Waals surface area contributed by atoms with Crippen molar-refractivity contribution in [3.63, 3.8) is 0 Å². The molecule has 5 heteroatoms. The number of hydrogen-bond donors (Lipinski definition) is 1. The Bertz CT molecular complexity index is 633. The summed E-state index contributed by atoms with van der Waals surface area (Å²) in [5.74, 6) is 0.968. The third kappa shape index (κ3) is 4.24. The van der Waals surface area contributed by atoms with E-state index in [1.165, 1.54) is 11.1 Å². The highest BCUT2D eigenvalue weighted by molar-refractivity contribution is 9.10. The summed E-state index contributed by atoms with van der Waals surface area (Å²) in [4.78, 5) is 4.37. The summed E-state index contributed by atoms with van der Waals surface area (Å²) >= 11 is 7.81. The van der Waals surface area contributed by atoms with Crippen LogP contribution in [0.25, 0.3) is 0 Å². The van der Waals surface area contributed by atoms with E-state index in [0.29, 0.717) is 0 Å². The van der Waals surface area contributed by atoms with Gasteiger partial charge in [0, 0.05) is 29.5 Å². The molecule has 0 aliphatic carbocycles. The van der Waals surface area contributed by atoms with E-state index in [9.17, 15) is 0 Å². The van der Waals surface area contributed by atoms with Crippen LogP contribution in [0.1, 0.15) is 23.2 Å². The van der Waals surface area contributed by atoms with Gasteiger partial charge in [0.25, 0.3) is 0 Å². The molecule has 0 atom stereocenters. The molecule has 0 bridgehead atoms. The summed E-state index contributed by atoms with van der Waals surface area (Å²) in [5.41, 5.74) is 3.84. The van der Waals surface area contributed by atoms with Crippen LogP contribution in [0.2, 0.25) is 0 Å². The second kappa shape index (κ2) is 7.49. The molecule has 0 saturated carbocycles. The molecule has 22 heavy (non-hydrogen) atoms. The quantitative estimate of drug-likeness (QED) is 0.627. The lowest BCUT2D eigenvalue weighted by Gasteiger charge is -2.24. The molecule has 0 saturated heterocycles. The van der Waals surface area contributed by atoms with Gasteiger partial charge >= 0.3 is 0 Å². The van der Waals surface area contributed by atoms with Gasteiger partial charge in [0.1, 0.15) is 5.75 Å². The molecule has 0 N–H and O–H groups in total. The molecule has 116 valence electrons. The molecule has 1 aliphatic heterocycles. The Morgan fingerprint density at radius 2 is 2.14 bits per heavy atom. The van der Waals surface area contributed by atoms with E-state index in [-0.39, 0.29) is 0 Å². The van der Waals surface area contributed by atoms with E-state index < -0.39 is 0 Å². The van der Waals surface area contributed by atoms with Gasteiger partial charge < -0.3 is 4.74 Å². The van der Waals surface area contributed by atoms with Crippen LogP contribution >= 0.6 is 28.7 Å². The Labute approximate surface area is 145 Å². The van der Waals surface area contributed by atoms with Gasteiger partial charge in [-0.2, -0.15) is 0 Å². The number of rotatable bonds is 5. The molecular weight excluding hydrogens is 360 g/mol. The number of hydrogen-bond acceptors (Lipinski definition) is 4. The molecule has 1 aromatic heterocycles. The maximum absolute atomic E-state index is 5.87. The van der Waals surface area contributed by atoms with Gasteiger partial charge in [-0.1, -0.05) is 18.9 Å². The van der Waals surface area contributed by atoms with Crippen molar-refractivity contribution in [1.29, 1.82) is 0 Å². The van der Waals surface area contributed by atoms with E-state index in [4.69, 9.17) is 4.74 Å². The van der Waals surface area contributed by atoms with Crippen molar-refractivity contribution in [3.8, 4) is 5.75 Å². The molecule has 2 heterocycles. The number of fused-ring (bicyclic) bond motifs is 1. The minimum atomic E-state index is 0.717. The predicted octanol–water partition coefficient (Wildman–Crippen LogP) is 4.06. The zero-order valence-corrected chi connectivity index (χ0v) is 14.8. The van der Waals surface area contributed by atoms with Crippen molar-refractivity contribution in [2.75, 3.05) is 13.2 Å². The van der Waals surface area contributed by atoms with Crippen molar-refractivity contribution >= 4 is 28.7 Å². The summed E-state index contributed by atoms with van der Waals surface area (Å²) in [6, 6.07) is 10.5. The topological polar surface area (TPSA) is 25.4 Å². The normalized spacial score (nSPS) is 14.6. The number of aromatic nitrogens is 1.